The minimum atomic E-state index is -0.818. The fraction of sp³-hybridized carbons (Fsp3) is 0.714. The molecule has 2 saturated carbocycles. The van der Waals surface area contributed by atoms with Crippen molar-refractivity contribution in [3.63, 3.8) is 0 Å². The molecule has 2 aliphatic rings. The van der Waals surface area contributed by atoms with Gasteiger partial charge in [-0.1, -0.05) is 13.0 Å². The molecule has 0 heterocycles. The van der Waals surface area contributed by atoms with Crippen LogP contribution in [0, 0.1) is 11.8 Å². The van der Waals surface area contributed by atoms with E-state index in [1.807, 2.05) is 0 Å². The summed E-state index contributed by atoms with van der Waals surface area (Å²) in [6, 6.07) is 0. The number of esters is 2. The van der Waals surface area contributed by atoms with Gasteiger partial charge in [-0.2, -0.15) is 0 Å². The fourth-order valence-electron chi connectivity index (χ4n) is 3.15. The second-order valence-electron chi connectivity index (χ2n) is 5.67. The van der Waals surface area contributed by atoms with E-state index in [9.17, 15) is 9.59 Å². The lowest BCUT2D eigenvalue weighted by atomic mass is 9.82. The van der Waals surface area contributed by atoms with E-state index in [0.29, 0.717) is 11.5 Å². The van der Waals surface area contributed by atoms with Crippen LogP contribution >= 0.6 is 0 Å². The lowest BCUT2D eigenvalue weighted by molar-refractivity contribution is -0.156. The van der Waals surface area contributed by atoms with Gasteiger partial charge in [-0.05, 0) is 38.0 Å². The Balaban J connectivity index is 1.73. The van der Waals surface area contributed by atoms with E-state index in [2.05, 4.69) is 6.58 Å². The first-order valence-electron chi connectivity index (χ1n) is 6.72. The molecule has 2 bridgehead atoms. The van der Waals surface area contributed by atoms with Crippen LogP contribution in [0.4, 0.5) is 0 Å². The maximum atomic E-state index is 12.0. The number of carbonyl (C=O) groups excluding carboxylic acids is 2. The molecule has 3 unspecified atom stereocenters. The minimum Gasteiger partial charge on any atom is -0.461 e. The molecule has 3 atom stereocenters. The SMILES string of the molecule is C=C(C)C(=O)OCCOC(=O)C1(N)CC2CCC1C2. The first-order chi connectivity index (χ1) is 8.93. The van der Waals surface area contributed by atoms with Crippen molar-refractivity contribution in [1.82, 2.24) is 0 Å². The lowest BCUT2D eigenvalue weighted by Gasteiger charge is -2.31. The van der Waals surface area contributed by atoms with Crippen LogP contribution in [0.2, 0.25) is 0 Å². The van der Waals surface area contributed by atoms with Gasteiger partial charge in [-0.15, -0.1) is 0 Å². The summed E-state index contributed by atoms with van der Waals surface area (Å²) in [4.78, 5) is 23.2. The van der Waals surface area contributed by atoms with E-state index in [4.69, 9.17) is 15.2 Å². The highest BCUT2D eigenvalue weighted by atomic mass is 16.6. The van der Waals surface area contributed by atoms with Gasteiger partial charge >= 0.3 is 11.9 Å². The molecular weight excluding hydrogens is 246 g/mol. The summed E-state index contributed by atoms with van der Waals surface area (Å²) in [5.41, 5.74) is 5.69. The van der Waals surface area contributed by atoms with Gasteiger partial charge in [0.1, 0.15) is 18.8 Å². The molecule has 106 valence electrons. The first kappa shape index (κ1) is 14.1. The zero-order chi connectivity index (χ0) is 14.0. The van der Waals surface area contributed by atoms with Gasteiger partial charge in [-0.25, -0.2) is 4.79 Å². The van der Waals surface area contributed by atoms with E-state index in [0.717, 1.165) is 19.3 Å². The summed E-state index contributed by atoms with van der Waals surface area (Å²) in [6.07, 6.45) is 3.95. The van der Waals surface area contributed by atoms with Crippen molar-refractivity contribution in [3.05, 3.63) is 12.2 Å². The Morgan fingerprint density at radius 1 is 1.32 bits per heavy atom. The van der Waals surface area contributed by atoms with Crippen LogP contribution in [0.5, 0.6) is 0 Å². The van der Waals surface area contributed by atoms with Gasteiger partial charge in [0.15, 0.2) is 0 Å². The maximum absolute atomic E-state index is 12.0. The molecule has 0 amide bonds. The topological polar surface area (TPSA) is 78.6 Å². The van der Waals surface area contributed by atoms with Crippen molar-refractivity contribution < 1.29 is 19.1 Å². The Labute approximate surface area is 113 Å². The molecule has 0 aromatic heterocycles. The maximum Gasteiger partial charge on any atom is 0.333 e. The molecule has 0 saturated heterocycles. The van der Waals surface area contributed by atoms with Crippen molar-refractivity contribution in [2.45, 2.75) is 38.1 Å². The number of hydrogen-bond donors (Lipinski definition) is 1. The van der Waals surface area contributed by atoms with Crippen LogP contribution in [0.15, 0.2) is 12.2 Å². The van der Waals surface area contributed by atoms with Gasteiger partial charge in [-0.3, -0.25) is 4.79 Å². The van der Waals surface area contributed by atoms with Crippen molar-refractivity contribution in [2.75, 3.05) is 13.2 Å². The third-order valence-corrected chi connectivity index (χ3v) is 4.17. The van der Waals surface area contributed by atoms with E-state index in [1.165, 1.54) is 6.42 Å². The van der Waals surface area contributed by atoms with E-state index in [-0.39, 0.29) is 25.1 Å². The molecule has 5 heteroatoms. The van der Waals surface area contributed by atoms with Crippen molar-refractivity contribution >= 4 is 11.9 Å². The third-order valence-electron chi connectivity index (χ3n) is 4.17. The van der Waals surface area contributed by atoms with Crippen molar-refractivity contribution in [2.24, 2.45) is 17.6 Å². The number of nitrogens with two attached hydrogens (primary N) is 1. The average molecular weight is 267 g/mol. The second kappa shape index (κ2) is 5.33. The van der Waals surface area contributed by atoms with E-state index in [1.54, 1.807) is 6.92 Å². The monoisotopic (exact) mass is 267 g/mol. The highest BCUT2D eigenvalue weighted by Gasteiger charge is 2.54. The average Bonchev–Trinajstić information content (AvgIpc) is 2.94. The summed E-state index contributed by atoms with van der Waals surface area (Å²) in [5, 5.41) is 0. The highest BCUT2D eigenvalue weighted by Crippen LogP contribution is 2.49. The Bertz CT molecular complexity index is 406. The molecule has 0 radical (unpaired) electrons. The zero-order valence-electron chi connectivity index (χ0n) is 11.3. The summed E-state index contributed by atoms with van der Waals surface area (Å²) in [6.45, 7) is 5.13. The Kier molecular flexibility index (Phi) is 3.94. The fourth-order valence-corrected chi connectivity index (χ4v) is 3.15. The second-order valence-corrected chi connectivity index (χ2v) is 5.67. The third kappa shape index (κ3) is 2.81. The summed E-state index contributed by atoms with van der Waals surface area (Å²) in [5.74, 6) is -0.00345. The van der Waals surface area contributed by atoms with Crippen molar-refractivity contribution in [1.29, 1.82) is 0 Å². The smallest absolute Gasteiger partial charge is 0.333 e. The molecule has 0 aliphatic heterocycles. The number of hydrogen-bond acceptors (Lipinski definition) is 5. The van der Waals surface area contributed by atoms with Gasteiger partial charge < -0.3 is 15.2 Å². The summed E-state index contributed by atoms with van der Waals surface area (Å²) >= 11 is 0. The molecule has 19 heavy (non-hydrogen) atoms. The van der Waals surface area contributed by atoms with Crippen LogP contribution in [0.3, 0.4) is 0 Å². The number of carbonyl (C=O) groups is 2. The molecule has 2 aliphatic carbocycles. The van der Waals surface area contributed by atoms with Gasteiger partial charge in [0.05, 0.1) is 0 Å². The van der Waals surface area contributed by atoms with Gasteiger partial charge in [0.25, 0.3) is 0 Å². The predicted octanol–water partition coefficient (Wildman–Crippen LogP) is 1.17. The first-order valence-corrected chi connectivity index (χ1v) is 6.72. The quantitative estimate of drug-likeness (QED) is 0.459. The number of fused-ring (bicyclic) bond motifs is 2. The molecule has 0 aromatic carbocycles. The molecular formula is C14H21NO4. The van der Waals surface area contributed by atoms with Crippen LogP contribution in [-0.2, 0) is 19.1 Å². The van der Waals surface area contributed by atoms with Crippen LogP contribution < -0.4 is 5.73 Å². The molecule has 5 nitrogen and oxygen atoms in total. The van der Waals surface area contributed by atoms with Crippen LogP contribution in [-0.4, -0.2) is 30.7 Å². The number of ether oxygens (including phenoxy) is 2. The minimum absolute atomic E-state index is 0.0433. The van der Waals surface area contributed by atoms with Gasteiger partial charge in [0.2, 0.25) is 0 Å². The summed E-state index contributed by atoms with van der Waals surface area (Å²) in [7, 11) is 0. The summed E-state index contributed by atoms with van der Waals surface area (Å²) < 4.78 is 10.00. The van der Waals surface area contributed by atoms with Crippen LogP contribution in [0.25, 0.3) is 0 Å². The Morgan fingerprint density at radius 2 is 2.00 bits per heavy atom. The van der Waals surface area contributed by atoms with Gasteiger partial charge in [0, 0.05) is 5.57 Å². The van der Waals surface area contributed by atoms with Crippen molar-refractivity contribution in [3.8, 4) is 0 Å². The number of rotatable bonds is 5. The Morgan fingerprint density at radius 3 is 2.53 bits per heavy atom. The molecule has 0 spiro atoms. The normalized spacial score (nSPS) is 32.1. The predicted molar refractivity (Wildman–Crippen MR) is 69.1 cm³/mol. The largest absolute Gasteiger partial charge is 0.461 e. The molecule has 2 N–H and O–H groups in total. The Hall–Kier alpha value is -1.36. The lowest BCUT2D eigenvalue weighted by Crippen LogP contribution is -2.53. The molecule has 0 aromatic rings. The highest BCUT2D eigenvalue weighted by molar-refractivity contribution is 5.87. The molecule has 2 fully saturated rings. The van der Waals surface area contributed by atoms with E-state index >= 15 is 0 Å². The van der Waals surface area contributed by atoms with Crippen LogP contribution in [0.1, 0.15) is 32.6 Å². The molecule has 2 rings (SSSR count). The zero-order valence-corrected chi connectivity index (χ0v) is 11.3. The standard InChI is InChI=1S/C14H21NO4/c1-9(2)12(16)18-5-6-19-13(17)14(15)8-10-3-4-11(14)7-10/h10-11H,1,3-8,15H2,2H3. The van der Waals surface area contributed by atoms with E-state index < -0.39 is 11.5 Å².